The highest BCUT2D eigenvalue weighted by atomic mass is 16.4. The summed E-state index contributed by atoms with van der Waals surface area (Å²) >= 11 is 0. The highest BCUT2D eigenvalue weighted by Gasteiger charge is 2.44. The summed E-state index contributed by atoms with van der Waals surface area (Å²) in [7, 11) is 1.84. The average Bonchev–Trinajstić information content (AvgIpc) is 3.00. The third-order valence-electron chi connectivity index (χ3n) is 6.55. The van der Waals surface area contributed by atoms with Crippen molar-refractivity contribution in [1.29, 1.82) is 0 Å². The lowest BCUT2D eigenvalue weighted by atomic mass is 9.77. The van der Waals surface area contributed by atoms with Crippen molar-refractivity contribution in [2.24, 2.45) is 5.41 Å². The molecule has 0 bridgehead atoms. The van der Waals surface area contributed by atoms with E-state index in [4.69, 9.17) is 4.42 Å². The number of hydrogen-bond donors (Lipinski definition) is 0. The summed E-state index contributed by atoms with van der Waals surface area (Å²) in [5.74, 6) is 0.517. The van der Waals surface area contributed by atoms with E-state index in [9.17, 15) is 14.4 Å². The molecule has 0 atom stereocenters. The van der Waals surface area contributed by atoms with E-state index in [2.05, 4.69) is 0 Å². The average molecular weight is 408 g/mol. The molecular weight excluding hydrogens is 380 g/mol. The van der Waals surface area contributed by atoms with Crippen LogP contribution < -0.4 is 5.63 Å². The molecule has 1 spiro atoms. The Morgan fingerprint density at radius 1 is 1.10 bits per heavy atom. The fraction of sp³-hybridized carbons (Fsp3) is 0.458. The lowest BCUT2D eigenvalue weighted by Crippen LogP contribution is -2.45. The Morgan fingerprint density at radius 3 is 2.40 bits per heavy atom. The van der Waals surface area contributed by atoms with Crippen LogP contribution in [0, 0.1) is 12.3 Å². The highest BCUT2D eigenvalue weighted by molar-refractivity contribution is 5.95. The number of rotatable bonds is 4. The Morgan fingerprint density at radius 2 is 1.80 bits per heavy atom. The largest absolute Gasteiger partial charge is 0.427 e. The van der Waals surface area contributed by atoms with Crippen molar-refractivity contribution >= 4 is 11.8 Å². The summed E-state index contributed by atoms with van der Waals surface area (Å²) < 4.78 is 5.49. The van der Waals surface area contributed by atoms with Crippen LogP contribution in [0.25, 0.3) is 0 Å². The molecule has 0 radical (unpaired) electrons. The van der Waals surface area contributed by atoms with Gasteiger partial charge in [0.15, 0.2) is 0 Å². The molecule has 158 valence electrons. The minimum absolute atomic E-state index is 0.0242. The van der Waals surface area contributed by atoms with E-state index in [1.54, 1.807) is 16.7 Å². The van der Waals surface area contributed by atoms with Crippen LogP contribution in [-0.4, -0.2) is 48.3 Å². The zero-order valence-corrected chi connectivity index (χ0v) is 17.6. The van der Waals surface area contributed by atoms with Gasteiger partial charge in [-0.3, -0.25) is 9.59 Å². The zero-order valence-electron chi connectivity index (χ0n) is 17.6. The van der Waals surface area contributed by atoms with E-state index in [-0.39, 0.29) is 22.8 Å². The molecule has 6 heteroatoms. The van der Waals surface area contributed by atoms with Crippen molar-refractivity contribution in [1.82, 2.24) is 9.80 Å². The minimum atomic E-state index is -0.556. The Labute approximate surface area is 176 Å². The van der Waals surface area contributed by atoms with Gasteiger partial charge in [-0.2, -0.15) is 0 Å². The number of carbonyl (C=O) groups excluding carboxylic acids is 2. The summed E-state index contributed by atoms with van der Waals surface area (Å²) in [6, 6.07) is 11.8. The van der Waals surface area contributed by atoms with E-state index < -0.39 is 5.63 Å². The topological polar surface area (TPSA) is 70.8 Å². The lowest BCUT2D eigenvalue weighted by molar-refractivity contribution is -0.126. The molecule has 2 aromatic rings. The molecule has 1 aromatic heterocycles. The Balaban J connectivity index is 1.43. The first-order valence-electron chi connectivity index (χ1n) is 10.6. The van der Waals surface area contributed by atoms with Gasteiger partial charge in [-0.05, 0) is 43.4 Å². The smallest absolute Gasteiger partial charge is 0.349 e. The van der Waals surface area contributed by atoms with Crippen LogP contribution in [0.4, 0.5) is 0 Å². The molecule has 0 unspecified atom stereocenters. The molecule has 0 N–H and O–H groups in total. The molecule has 1 aromatic carbocycles. The number of amides is 2. The second kappa shape index (κ2) is 8.09. The van der Waals surface area contributed by atoms with Gasteiger partial charge in [0, 0.05) is 44.9 Å². The molecule has 2 aliphatic rings. The number of nitrogens with zero attached hydrogens (tertiary/aromatic N) is 2. The van der Waals surface area contributed by atoms with Crippen LogP contribution in [-0.2, 0) is 17.6 Å². The normalized spacial score (nSPS) is 18.3. The molecule has 2 saturated heterocycles. The van der Waals surface area contributed by atoms with Gasteiger partial charge in [0.1, 0.15) is 11.3 Å². The van der Waals surface area contributed by atoms with Gasteiger partial charge in [-0.1, -0.05) is 30.3 Å². The standard InChI is InChI=1S/C24H28N2O4/c1-17-14-19(9-8-18-6-4-3-5-7-18)30-23(29)21(17)22(28)26-12-10-24(11-13-26)15-20(27)25(2)16-24/h3-7,14H,8-13,15-16H2,1-2H3. The number of hydrogen-bond acceptors (Lipinski definition) is 4. The van der Waals surface area contributed by atoms with Gasteiger partial charge in [-0.15, -0.1) is 0 Å². The first-order chi connectivity index (χ1) is 14.4. The Bertz CT molecular complexity index is 1000. The molecule has 6 nitrogen and oxygen atoms in total. The van der Waals surface area contributed by atoms with Crippen molar-refractivity contribution in [3.63, 3.8) is 0 Å². The number of likely N-dealkylation sites (tertiary alicyclic amines) is 2. The van der Waals surface area contributed by atoms with Gasteiger partial charge in [0.25, 0.3) is 5.91 Å². The summed E-state index contributed by atoms with van der Waals surface area (Å²) in [6.45, 7) is 3.68. The van der Waals surface area contributed by atoms with Gasteiger partial charge in [0.05, 0.1) is 0 Å². The van der Waals surface area contributed by atoms with Crippen LogP contribution in [0.3, 0.4) is 0 Å². The maximum atomic E-state index is 13.1. The van der Waals surface area contributed by atoms with Gasteiger partial charge < -0.3 is 14.2 Å². The van der Waals surface area contributed by atoms with Crippen molar-refractivity contribution in [2.45, 2.75) is 39.0 Å². The lowest BCUT2D eigenvalue weighted by Gasteiger charge is -2.38. The maximum Gasteiger partial charge on any atom is 0.349 e. The van der Waals surface area contributed by atoms with E-state index in [0.717, 1.165) is 25.8 Å². The van der Waals surface area contributed by atoms with Crippen molar-refractivity contribution < 1.29 is 14.0 Å². The fourth-order valence-corrected chi connectivity index (χ4v) is 4.75. The monoisotopic (exact) mass is 408 g/mol. The molecule has 0 saturated carbocycles. The predicted octanol–water partition coefficient (Wildman–Crippen LogP) is 2.82. The second-order valence-corrected chi connectivity index (χ2v) is 8.76. The third-order valence-corrected chi connectivity index (χ3v) is 6.55. The summed E-state index contributed by atoms with van der Waals surface area (Å²) in [6.07, 6.45) is 3.52. The second-order valence-electron chi connectivity index (χ2n) is 8.76. The number of carbonyl (C=O) groups is 2. The fourth-order valence-electron chi connectivity index (χ4n) is 4.75. The molecular formula is C24H28N2O4. The molecule has 2 fully saturated rings. The molecule has 2 amide bonds. The van der Waals surface area contributed by atoms with E-state index >= 15 is 0 Å². The summed E-state index contributed by atoms with van der Waals surface area (Å²) in [4.78, 5) is 41.1. The van der Waals surface area contributed by atoms with Gasteiger partial charge in [-0.25, -0.2) is 4.79 Å². The quantitative estimate of drug-likeness (QED) is 0.780. The molecule has 2 aliphatic heterocycles. The minimum Gasteiger partial charge on any atom is -0.427 e. The van der Waals surface area contributed by atoms with E-state index in [0.29, 0.717) is 37.3 Å². The SMILES string of the molecule is Cc1cc(CCc2ccccc2)oc(=O)c1C(=O)N1CCC2(CC1)CC(=O)N(C)C2. The van der Waals surface area contributed by atoms with Gasteiger partial charge >= 0.3 is 5.63 Å². The van der Waals surface area contributed by atoms with Crippen molar-refractivity contribution in [3.05, 3.63) is 69.3 Å². The zero-order chi connectivity index (χ0) is 21.3. The van der Waals surface area contributed by atoms with Gasteiger partial charge in [0.2, 0.25) is 5.91 Å². The maximum absolute atomic E-state index is 13.1. The molecule has 3 heterocycles. The predicted molar refractivity (Wildman–Crippen MR) is 113 cm³/mol. The number of aryl methyl sites for hydroxylation is 3. The van der Waals surface area contributed by atoms with Crippen LogP contribution in [0.15, 0.2) is 45.6 Å². The first kappa shape index (κ1) is 20.4. The number of benzene rings is 1. The number of piperidine rings is 1. The van der Waals surface area contributed by atoms with Crippen LogP contribution >= 0.6 is 0 Å². The Kier molecular flexibility index (Phi) is 5.50. The molecule has 4 rings (SSSR count). The van der Waals surface area contributed by atoms with Crippen molar-refractivity contribution in [3.8, 4) is 0 Å². The Hall–Kier alpha value is -2.89. The summed E-state index contributed by atoms with van der Waals surface area (Å²) in [5, 5.41) is 0. The first-order valence-corrected chi connectivity index (χ1v) is 10.6. The van der Waals surface area contributed by atoms with E-state index in [1.807, 2.05) is 43.4 Å². The summed E-state index contributed by atoms with van der Waals surface area (Å²) in [5.41, 5.74) is 1.39. The van der Waals surface area contributed by atoms with Crippen LogP contribution in [0.2, 0.25) is 0 Å². The van der Waals surface area contributed by atoms with Crippen molar-refractivity contribution in [2.75, 3.05) is 26.7 Å². The highest BCUT2D eigenvalue weighted by Crippen LogP contribution is 2.40. The third kappa shape index (κ3) is 4.04. The van der Waals surface area contributed by atoms with Crippen LogP contribution in [0.1, 0.15) is 46.5 Å². The van der Waals surface area contributed by atoms with E-state index in [1.165, 1.54) is 5.56 Å². The molecule has 30 heavy (non-hydrogen) atoms. The van der Waals surface area contributed by atoms with Crippen LogP contribution in [0.5, 0.6) is 0 Å². The molecule has 0 aliphatic carbocycles.